The molecule has 1 aromatic rings. The van der Waals surface area contributed by atoms with E-state index in [0.717, 1.165) is 31.5 Å². The fourth-order valence-electron chi connectivity index (χ4n) is 2.38. The summed E-state index contributed by atoms with van der Waals surface area (Å²) < 4.78 is 4.73. The van der Waals surface area contributed by atoms with Gasteiger partial charge in [0.25, 0.3) is 0 Å². The van der Waals surface area contributed by atoms with E-state index in [1.54, 1.807) is 0 Å². The van der Waals surface area contributed by atoms with Crippen LogP contribution >= 0.6 is 11.3 Å². The quantitative estimate of drug-likeness (QED) is 0.836. The highest BCUT2D eigenvalue weighted by atomic mass is 32.1. The zero-order chi connectivity index (χ0) is 14.5. The molecule has 1 aromatic heterocycles. The predicted octanol–water partition coefficient (Wildman–Crippen LogP) is 2.17. The maximum atomic E-state index is 12.1. The summed E-state index contributed by atoms with van der Waals surface area (Å²) in [6.45, 7) is 3.83. The number of methoxy groups -OCH3 is 1. The van der Waals surface area contributed by atoms with E-state index in [1.807, 2.05) is 12.3 Å². The van der Waals surface area contributed by atoms with E-state index in [0.29, 0.717) is 22.9 Å². The van der Waals surface area contributed by atoms with E-state index in [9.17, 15) is 9.59 Å². The molecule has 2 N–H and O–H groups in total. The molecule has 5 nitrogen and oxygen atoms in total. The third-order valence-electron chi connectivity index (χ3n) is 3.54. The van der Waals surface area contributed by atoms with Gasteiger partial charge in [0.2, 0.25) is 5.91 Å². The number of hydrogen-bond donors (Lipinski definition) is 2. The highest BCUT2D eigenvalue weighted by Gasteiger charge is 2.21. The van der Waals surface area contributed by atoms with Crippen LogP contribution in [0.5, 0.6) is 0 Å². The van der Waals surface area contributed by atoms with Crippen molar-refractivity contribution in [2.75, 3.05) is 25.5 Å². The van der Waals surface area contributed by atoms with Crippen LogP contribution in [-0.4, -0.2) is 32.1 Å². The summed E-state index contributed by atoms with van der Waals surface area (Å²) >= 11 is 1.30. The number of thiophene rings is 1. The number of rotatable bonds is 4. The van der Waals surface area contributed by atoms with Gasteiger partial charge in [-0.2, -0.15) is 0 Å². The van der Waals surface area contributed by atoms with Crippen molar-refractivity contribution >= 4 is 28.9 Å². The molecule has 0 unspecified atom stereocenters. The maximum absolute atomic E-state index is 12.1. The van der Waals surface area contributed by atoms with Crippen molar-refractivity contribution in [3.05, 3.63) is 15.8 Å². The Bertz CT molecular complexity index is 493. The van der Waals surface area contributed by atoms with Crippen molar-refractivity contribution in [2.45, 2.75) is 26.2 Å². The fourth-order valence-corrected chi connectivity index (χ4v) is 3.30. The Morgan fingerprint density at radius 2 is 2.15 bits per heavy atom. The molecule has 6 heteroatoms. The van der Waals surface area contributed by atoms with Crippen molar-refractivity contribution < 1.29 is 14.3 Å². The molecule has 1 aliphatic heterocycles. The fraction of sp³-hybridized carbons (Fsp3) is 0.571. The number of nitrogens with one attached hydrogen (secondary N) is 2. The summed E-state index contributed by atoms with van der Waals surface area (Å²) in [5, 5.41) is 8.01. The molecule has 0 spiro atoms. The number of carbonyl (C=O) groups excluding carboxylic acids is 2. The van der Waals surface area contributed by atoms with Crippen molar-refractivity contribution in [1.82, 2.24) is 5.32 Å². The van der Waals surface area contributed by atoms with Gasteiger partial charge in [-0.15, -0.1) is 11.3 Å². The first kappa shape index (κ1) is 15.0. The van der Waals surface area contributed by atoms with Crippen molar-refractivity contribution in [2.24, 2.45) is 5.92 Å². The van der Waals surface area contributed by atoms with Gasteiger partial charge in [0.05, 0.1) is 12.8 Å². The van der Waals surface area contributed by atoms with Gasteiger partial charge in [-0.05, 0) is 49.7 Å². The molecular formula is C14H20N2O3S. The van der Waals surface area contributed by atoms with Crippen LogP contribution in [0.2, 0.25) is 0 Å². The number of piperidine rings is 1. The van der Waals surface area contributed by atoms with E-state index >= 15 is 0 Å². The molecule has 1 aliphatic rings. The topological polar surface area (TPSA) is 67.4 Å². The van der Waals surface area contributed by atoms with Gasteiger partial charge in [-0.3, -0.25) is 4.79 Å². The lowest BCUT2D eigenvalue weighted by Crippen LogP contribution is -2.30. The Kier molecular flexibility index (Phi) is 5.14. The first-order valence-electron chi connectivity index (χ1n) is 6.78. The monoisotopic (exact) mass is 296 g/mol. The molecule has 110 valence electrons. The van der Waals surface area contributed by atoms with Crippen LogP contribution in [0.1, 0.15) is 34.5 Å². The second kappa shape index (κ2) is 6.85. The average Bonchev–Trinajstić information content (AvgIpc) is 2.80. The van der Waals surface area contributed by atoms with Crippen LogP contribution in [0.25, 0.3) is 0 Å². The smallest absolute Gasteiger partial charge is 0.350 e. The SMILES string of the molecule is COC(=O)c1scc(C)c1NC(=O)CC1CCNCC1. The van der Waals surface area contributed by atoms with E-state index in [2.05, 4.69) is 10.6 Å². The van der Waals surface area contributed by atoms with Gasteiger partial charge in [-0.1, -0.05) is 0 Å². The summed E-state index contributed by atoms with van der Waals surface area (Å²) in [6, 6.07) is 0. The molecule has 2 heterocycles. The second-order valence-electron chi connectivity index (χ2n) is 5.06. The summed E-state index contributed by atoms with van der Waals surface area (Å²) in [7, 11) is 1.35. The molecule has 0 radical (unpaired) electrons. The molecule has 0 saturated carbocycles. The second-order valence-corrected chi connectivity index (χ2v) is 5.94. The Hall–Kier alpha value is -1.40. The lowest BCUT2D eigenvalue weighted by atomic mass is 9.94. The molecule has 0 atom stereocenters. The van der Waals surface area contributed by atoms with E-state index in [1.165, 1.54) is 18.4 Å². The minimum absolute atomic E-state index is 0.0245. The Morgan fingerprint density at radius 1 is 1.45 bits per heavy atom. The summed E-state index contributed by atoms with van der Waals surface area (Å²) in [5.41, 5.74) is 1.50. The standard InChI is InChI=1S/C14H20N2O3S/c1-9-8-20-13(14(18)19-2)12(9)16-11(17)7-10-3-5-15-6-4-10/h8,10,15H,3-7H2,1-2H3,(H,16,17). The summed E-state index contributed by atoms with van der Waals surface area (Å²) in [6.07, 6.45) is 2.57. The number of aryl methyl sites for hydroxylation is 1. The lowest BCUT2D eigenvalue weighted by Gasteiger charge is -2.22. The van der Waals surface area contributed by atoms with E-state index < -0.39 is 5.97 Å². The third kappa shape index (κ3) is 3.58. The summed E-state index contributed by atoms with van der Waals surface area (Å²) in [5.74, 6) is 0.000544. The van der Waals surface area contributed by atoms with Crippen LogP contribution in [0.15, 0.2) is 5.38 Å². The molecule has 0 aliphatic carbocycles. The molecule has 1 saturated heterocycles. The van der Waals surface area contributed by atoms with E-state index in [4.69, 9.17) is 4.74 Å². The number of anilines is 1. The molecule has 2 rings (SSSR count). The van der Waals surface area contributed by atoms with Gasteiger partial charge in [-0.25, -0.2) is 4.79 Å². The zero-order valence-electron chi connectivity index (χ0n) is 11.8. The first-order chi connectivity index (χ1) is 9.61. The number of hydrogen-bond acceptors (Lipinski definition) is 5. The van der Waals surface area contributed by atoms with Crippen LogP contribution < -0.4 is 10.6 Å². The molecule has 0 bridgehead atoms. The maximum Gasteiger partial charge on any atom is 0.350 e. The zero-order valence-corrected chi connectivity index (χ0v) is 12.6. The van der Waals surface area contributed by atoms with Crippen molar-refractivity contribution in [3.8, 4) is 0 Å². The average molecular weight is 296 g/mol. The highest BCUT2D eigenvalue weighted by Crippen LogP contribution is 2.29. The third-order valence-corrected chi connectivity index (χ3v) is 4.62. The number of amides is 1. The van der Waals surface area contributed by atoms with Gasteiger partial charge < -0.3 is 15.4 Å². The Balaban J connectivity index is 2.00. The molecular weight excluding hydrogens is 276 g/mol. The van der Waals surface area contributed by atoms with Gasteiger partial charge in [0.1, 0.15) is 4.88 Å². The number of carbonyl (C=O) groups is 2. The largest absolute Gasteiger partial charge is 0.465 e. The summed E-state index contributed by atoms with van der Waals surface area (Å²) in [4.78, 5) is 24.2. The van der Waals surface area contributed by atoms with Gasteiger partial charge in [0, 0.05) is 6.42 Å². The Labute approximate surface area is 122 Å². The highest BCUT2D eigenvalue weighted by molar-refractivity contribution is 7.12. The van der Waals surface area contributed by atoms with Crippen LogP contribution in [0.3, 0.4) is 0 Å². The van der Waals surface area contributed by atoms with Crippen LogP contribution in [0, 0.1) is 12.8 Å². The number of ether oxygens (including phenoxy) is 1. The van der Waals surface area contributed by atoms with Crippen molar-refractivity contribution in [3.63, 3.8) is 0 Å². The molecule has 1 amide bonds. The number of esters is 1. The van der Waals surface area contributed by atoms with Gasteiger partial charge in [0.15, 0.2) is 0 Å². The minimum atomic E-state index is -0.403. The van der Waals surface area contributed by atoms with Gasteiger partial charge >= 0.3 is 5.97 Å². The Morgan fingerprint density at radius 3 is 2.80 bits per heavy atom. The molecule has 20 heavy (non-hydrogen) atoms. The minimum Gasteiger partial charge on any atom is -0.465 e. The predicted molar refractivity (Wildman–Crippen MR) is 79.2 cm³/mol. The van der Waals surface area contributed by atoms with Crippen LogP contribution in [-0.2, 0) is 9.53 Å². The van der Waals surface area contributed by atoms with E-state index in [-0.39, 0.29) is 5.91 Å². The lowest BCUT2D eigenvalue weighted by molar-refractivity contribution is -0.117. The molecule has 0 aromatic carbocycles. The van der Waals surface area contributed by atoms with Crippen molar-refractivity contribution in [1.29, 1.82) is 0 Å². The normalized spacial score (nSPS) is 15.9. The first-order valence-corrected chi connectivity index (χ1v) is 7.66. The van der Waals surface area contributed by atoms with Crippen LogP contribution in [0.4, 0.5) is 5.69 Å². The molecule has 1 fully saturated rings.